The van der Waals surface area contributed by atoms with Gasteiger partial charge < -0.3 is 19.1 Å². The highest BCUT2D eigenvalue weighted by Crippen LogP contribution is 2.34. The molecular formula is C22H26N2O4. The molecule has 0 saturated carbocycles. The van der Waals surface area contributed by atoms with Crippen LogP contribution in [0.3, 0.4) is 0 Å². The van der Waals surface area contributed by atoms with Crippen LogP contribution in [0.25, 0.3) is 11.1 Å². The van der Waals surface area contributed by atoms with Crippen LogP contribution in [-0.4, -0.2) is 63.9 Å². The van der Waals surface area contributed by atoms with Gasteiger partial charge in [0.1, 0.15) is 12.4 Å². The van der Waals surface area contributed by atoms with E-state index in [0.29, 0.717) is 13.2 Å². The van der Waals surface area contributed by atoms with Gasteiger partial charge in [-0.1, -0.05) is 30.3 Å². The Kier molecular flexibility index (Phi) is 5.90. The van der Waals surface area contributed by atoms with E-state index in [-0.39, 0.29) is 12.5 Å². The second-order valence-electron chi connectivity index (χ2n) is 7.04. The maximum absolute atomic E-state index is 12.8. The molecule has 6 heteroatoms. The van der Waals surface area contributed by atoms with Crippen molar-refractivity contribution in [1.29, 1.82) is 0 Å². The van der Waals surface area contributed by atoms with Crippen LogP contribution in [0.5, 0.6) is 5.75 Å². The fourth-order valence-corrected chi connectivity index (χ4v) is 3.76. The van der Waals surface area contributed by atoms with Crippen molar-refractivity contribution in [2.24, 2.45) is 0 Å². The van der Waals surface area contributed by atoms with Gasteiger partial charge in [-0.15, -0.1) is 0 Å². The van der Waals surface area contributed by atoms with Gasteiger partial charge in [0.2, 0.25) is 0 Å². The number of para-hydroxylation sites is 1. The van der Waals surface area contributed by atoms with E-state index in [1.165, 1.54) is 0 Å². The van der Waals surface area contributed by atoms with E-state index in [4.69, 9.17) is 14.2 Å². The lowest BCUT2D eigenvalue weighted by Gasteiger charge is -2.30. The average molecular weight is 382 g/mol. The number of anilines is 1. The van der Waals surface area contributed by atoms with Crippen LogP contribution in [0.15, 0.2) is 42.5 Å². The van der Waals surface area contributed by atoms with E-state index in [1.54, 1.807) is 7.11 Å². The van der Waals surface area contributed by atoms with Crippen molar-refractivity contribution in [2.75, 3.05) is 58.0 Å². The molecule has 6 nitrogen and oxygen atoms in total. The maximum atomic E-state index is 12.8. The summed E-state index contributed by atoms with van der Waals surface area (Å²) in [6, 6.07) is 14.1. The number of hydrogen-bond acceptors (Lipinski definition) is 5. The highest BCUT2D eigenvalue weighted by atomic mass is 16.5. The summed E-state index contributed by atoms with van der Waals surface area (Å²) in [5.74, 6) is 0.822. The molecule has 0 spiro atoms. The van der Waals surface area contributed by atoms with E-state index in [2.05, 4.69) is 23.1 Å². The first-order valence-electron chi connectivity index (χ1n) is 9.71. The number of methoxy groups -OCH3 is 1. The first-order chi connectivity index (χ1) is 13.8. The second-order valence-corrected chi connectivity index (χ2v) is 7.04. The van der Waals surface area contributed by atoms with Gasteiger partial charge in [0.25, 0.3) is 5.91 Å². The van der Waals surface area contributed by atoms with Crippen LogP contribution in [0.1, 0.15) is 5.56 Å². The minimum atomic E-state index is 0.00388. The number of fused-ring (bicyclic) bond motifs is 1. The number of nitrogens with zero attached hydrogens (tertiary/aromatic N) is 2. The molecule has 0 N–H and O–H groups in total. The van der Waals surface area contributed by atoms with E-state index in [0.717, 1.165) is 61.0 Å². The smallest absolute Gasteiger partial charge is 0.253 e. The van der Waals surface area contributed by atoms with Gasteiger partial charge in [-0.05, 0) is 17.7 Å². The van der Waals surface area contributed by atoms with Crippen LogP contribution >= 0.6 is 0 Å². The van der Waals surface area contributed by atoms with Crippen molar-refractivity contribution in [3.63, 3.8) is 0 Å². The average Bonchev–Trinajstić information content (AvgIpc) is 2.90. The predicted molar refractivity (Wildman–Crippen MR) is 108 cm³/mol. The molecule has 0 unspecified atom stereocenters. The molecular weight excluding hydrogens is 356 g/mol. The Balaban J connectivity index is 1.64. The Morgan fingerprint density at radius 3 is 2.64 bits per heavy atom. The van der Waals surface area contributed by atoms with Crippen LogP contribution in [-0.2, 0) is 20.9 Å². The molecule has 2 aromatic rings. The number of carbonyl (C=O) groups excluding carboxylic acids is 1. The molecule has 2 aromatic carbocycles. The minimum Gasteiger partial charge on any atom is -0.496 e. The zero-order valence-electron chi connectivity index (χ0n) is 16.2. The largest absolute Gasteiger partial charge is 0.496 e. The Bertz CT molecular complexity index is 833. The summed E-state index contributed by atoms with van der Waals surface area (Å²) < 4.78 is 16.5. The molecule has 148 valence electrons. The zero-order chi connectivity index (χ0) is 19.3. The standard InChI is InChI=1S/C22H26N2O4/c1-26-21-5-3-2-4-19(21)17-6-7-18-15-28-16-22(25)24(20(18)14-17)9-8-23-10-12-27-13-11-23/h2-7,14H,8-13,15-16H2,1H3. The van der Waals surface area contributed by atoms with Crippen molar-refractivity contribution >= 4 is 11.6 Å². The molecule has 0 aliphatic carbocycles. The molecule has 2 heterocycles. The highest BCUT2D eigenvalue weighted by molar-refractivity contribution is 5.96. The van der Waals surface area contributed by atoms with Crippen LogP contribution in [0.2, 0.25) is 0 Å². The molecule has 0 bridgehead atoms. The van der Waals surface area contributed by atoms with Crippen molar-refractivity contribution in [3.05, 3.63) is 48.0 Å². The topological polar surface area (TPSA) is 51.2 Å². The zero-order valence-corrected chi connectivity index (χ0v) is 16.2. The van der Waals surface area contributed by atoms with Gasteiger partial charge in [-0.2, -0.15) is 0 Å². The van der Waals surface area contributed by atoms with Gasteiger partial charge in [0.15, 0.2) is 0 Å². The SMILES string of the molecule is COc1ccccc1-c1ccc2c(c1)N(CCN1CCOCC1)C(=O)COC2. The fraction of sp³-hybridized carbons (Fsp3) is 0.409. The molecule has 0 atom stereocenters. The molecule has 1 amide bonds. The summed E-state index contributed by atoms with van der Waals surface area (Å²) in [5.41, 5.74) is 4.01. The van der Waals surface area contributed by atoms with Crippen LogP contribution in [0, 0.1) is 0 Å². The minimum absolute atomic E-state index is 0.00388. The monoisotopic (exact) mass is 382 g/mol. The summed E-state index contributed by atoms with van der Waals surface area (Å²) in [7, 11) is 1.67. The quantitative estimate of drug-likeness (QED) is 0.796. The van der Waals surface area contributed by atoms with E-state index < -0.39 is 0 Å². The van der Waals surface area contributed by atoms with Gasteiger partial charge >= 0.3 is 0 Å². The number of amides is 1. The summed E-state index contributed by atoms with van der Waals surface area (Å²) >= 11 is 0. The molecule has 0 aromatic heterocycles. The lowest BCUT2D eigenvalue weighted by Crippen LogP contribution is -2.43. The summed E-state index contributed by atoms with van der Waals surface area (Å²) in [5, 5.41) is 0. The van der Waals surface area contributed by atoms with Gasteiger partial charge in [-0.25, -0.2) is 0 Å². The lowest BCUT2D eigenvalue weighted by molar-refractivity contribution is -0.123. The first kappa shape index (κ1) is 18.9. The van der Waals surface area contributed by atoms with Gasteiger partial charge in [0, 0.05) is 43.0 Å². The number of rotatable bonds is 5. The number of morpholine rings is 1. The third-order valence-electron chi connectivity index (χ3n) is 5.32. The molecule has 1 saturated heterocycles. The third kappa shape index (κ3) is 4.04. The first-order valence-corrected chi connectivity index (χ1v) is 9.71. The fourth-order valence-electron chi connectivity index (χ4n) is 3.76. The number of carbonyl (C=O) groups is 1. The number of benzene rings is 2. The van der Waals surface area contributed by atoms with Crippen molar-refractivity contribution in [3.8, 4) is 16.9 Å². The second kappa shape index (κ2) is 8.73. The van der Waals surface area contributed by atoms with Gasteiger partial charge in [0.05, 0.1) is 26.9 Å². The van der Waals surface area contributed by atoms with Crippen molar-refractivity contribution in [1.82, 2.24) is 4.90 Å². The van der Waals surface area contributed by atoms with Crippen LogP contribution < -0.4 is 9.64 Å². The Hall–Kier alpha value is -2.41. The molecule has 4 rings (SSSR count). The molecule has 1 fully saturated rings. The Labute approximate surface area is 165 Å². The van der Waals surface area contributed by atoms with Crippen molar-refractivity contribution < 1.29 is 19.0 Å². The van der Waals surface area contributed by atoms with E-state index in [9.17, 15) is 4.79 Å². The number of hydrogen-bond donors (Lipinski definition) is 0. The maximum Gasteiger partial charge on any atom is 0.253 e. The lowest BCUT2D eigenvalue weighted by atomic mass is 10.0. The van der Waals surface area contributed by atoms with E-state index >= 15 is 0 Å². The molecule has 0 radical (unpaired) electrons. The number of ether oxygens (including phenoxy) is 3. The summed E-state index contributed by atoms with van der Waals surface area (Å²) in [6.45, 7) is 5.36. The Morgan fingerprint density at radius 2 is 1.82 bits per heavy atom. The van der Waals surface area contributed by atoms with Gasteiger partial charge in [-0.3, -0.25) is 9.69 Å². The van der Waals surface area contributed by atoms with E-state index in [1.807, 2.05) is 29.2 Å². The molecule has 28 heavy (non-hydrogen) atoms. The predicted octanol–water partition coefficient (Wildman–Crippen LogP) is 2.56. The molecule has 2 aliphatic rings. The summed E-state index contributed by atoms with van der Waals surface area (Å²) in [6.07, 6.45) is 0. The highest BCUT2D eigenvalue weighted by Gasteiger charge is 2.24. The van der Waals surface area contributed by atoms with Crippen LogP contribution in [0.4, 0.5) is 5.69 Å². The normalized spacial score (nSPS) is 17.9. The van der Waals surface area contributed by atoms with Crippen molar-refractivity contribution in [2.45, 2.75) is 6.61 Å². The Morgan fingerprint density at radius 1 is 1.00 bits per heavy atom. The third-order valence-corrected chi connectivity index (χ3v) is 5.32. The molecule has 2 aliphatic heterocycles. The summed E-state index contributed by atoms with van der Waals surface area (Å²) in [4.78, 5) is 17.0.